The minimum absolute atomic E-state index is 0.153. The van der Waals surface area contributed by atoms with Crippen LogP contribution in [0.15, 0.2) is 36.8 Å². The number of fused-ring (bicyclic) bond motifs is 3. The first-order valence-electron chi connectivity index (χ1n) is 11.3. The van der Waals surface area contributed by atoms with Crippen LogP contribution < -0.4 is 0 Å². The maximum Gasteiger partial charge on any atom is 0.222 e. The number of likely N-dealkylation sites (tertiary alicyclic amines) is 1. The van der Waals surface area contributed by atoms with E-state index in [0.29, 0.717) is 18.2 Å². The third-order valence-electron chi connectivity index (χ3n) is 7.44. The van der Waals surface area contributed by atoms with Crippen molar-refractivity contribution in [3.05, 3.63) is 42.4 Å². The van der Waals surface area contributed by atoms with Crippen LogP contribution in [0.1, 0.15) is 63.0 Å². The first-order chi connectivity index (χ1) is 14.2. The number of aliphatic hydroxyl groups excluding tert-OH is 1. The number of aliphatic hydroxyl groups is 1. The number of carbonyl (C=O) groups excluding carboxylic acids is 1. The number of aromatic nitrogens is 2. The molecular weight excluding hydrogens is 362 g/mol. The van der Waals surface area contributed by atoms with Crippen LogP contribution in [0, 0.1) is 11.8 Å². The molecule has 2 fully saturated rings. The highest BCUT2D eigenvalue weighted by Crippen LogP contribution is 2.42. The summed E-state index contributed by atoms with van der Waals surface area (Å²) in [6, 6.07) is 8.61. The zero-order valence-electron chi connectivity index (χ0n) is 17.0. The first-order valence-corrected chi connectivity index (χ1v) is 11.3. The molecule has 3 aliphatic rings. The number of nitrogens with zero attached hydrogens (tertiary/aromatic N) is 3. The number of hydrogen-bond acceptors (Lipinski definition) is 3. The fourth-order valence-corrected chi connectivity index (χ4v) is 5.72. The van der Waals surface area contributed by atoms with Crippen molar-refractivity contribution in [2.24, 2.45) is 11.8 Å². The molecule has 2 aliphatic heterocycles. The van der Waals surface area contributed by atoms with E-state index in [1.54, 1.807) is 0 Å². The summed E-state index contributed by atoms with van der Waals surface area (Å²) < 4.78 is 2.20. The molecule has 0 bridgehead atoms. The van der Waals surface area contributed by atoms with Crippen LogP contribution in [0.3, 0.4) is 0 Å². The highest BCUT2D eigenvalue weighted by Gasteiger charge is 2.34. The van der Waals surface area contributed by atoms with Gasteiger partial charge in [-0.1, -0.05) is 37.1 Å². The Balaban J connectivity index is 1.19. The summed E-state index contributed by atoms with van der Waals surface area (Å²) in [5.74, 6) is 1.21. The second-order valence-corrected chi connectivity index (χ2v) is 9.17. The molecule has 2 atom stereocenters. The van der Waals surface area contributed by atoms with Gasteiger partial charge in [0.25, 0.3) is 0 Å². The minimum atomic E-state index is -0.353. The van der Waals surface area contributed by atoms with Crippen LogP contribution in [0.2, 0.25) is 0 Å². The number of piperidine rings is 1. The van der Waals surface area contributed by atoms with Gasteiger partial charge in [-0.05, 0) is 49.5 Å². The predicted molar refractivity (Wildman–Crippen MR) is 112 cm³/mol. The van der Waals surface area contributed by atoms with Gasteiger partial charge < -0.3 is 14.6 Å². The van der Waals surface area contributed by atoms with E-state index in [4.69, 9.17) is 0 Å². The lowest BCUT2D eigenvalue weighted by Gasteiger charge is -2.35. The van der Waals surface area contributed by atoms with Crippen molar-refractivity contribution >= 4 is 5.91 Å². The van der Waals surface area contributed by atoms with E-state index in [2.05, 4.69) is 33.8 Å². The smallest absolute Gasteiger partial charge is 0.222 e. The van der Waals surface area contributed by atoms with Gasteiger partial charge in [-0.3, -0.25) is 4.79 Å². The molecule has 1 aliphatic carbocycles. The van der Waals surface area contributed by atoms with Gasteiger partial charge in [-0.15, -0.1) is 0 Å². The highest BCUT2D eigenvalue weighted by atomic mass is 16.3. The first kappa shape index (κ1) is 18.9. The van der Waals surface area contributed by atoms with Crippen molar-refractivity contribution in [3.8, 4) is 11.3 Å². The standard InChI is InChI=1S/C24H31N3O2/c28-23(14-21-19-7-3-4-8-20(19)22-15-25-16-27(21)22)18-9-11-26(12-10-18)24(29)13-17-5-1-2-6-17/h3-4,7-8,15-18,21,23,28H,1-2,5-6,9-14H2. The van der Waals surface area contributed by atoms with E-state index in [1.165, 1.54) is 36.8 Å². The second-order valence-electron chi connectivity index (χ2n) is 9.17. The van der Waals surface area contributed by atoms with Crippen LogP contribution in [-0.4, -0.2) is 44.7 Å². The third-order valence-corrected chi connectivity index (χ3v) is 7.44. The van der Waals surface area contributed by atoms with Crippen LogP contribution in [0.4, 0.5) is 0 Å². The van der Waals surface area contributed by atoms with Crippen molar-refractivity contribution in [1.29, 1.82) is 0 Å². The quantitative estimate of drug-likeness (QED) is 0.835. The molecule has 2 aromatic rings. The van der Waals surface area contributed by atoms with E-state index in [-0.39, 0.29) is 18.1 Å². The largest absolute Gasteiger partial charge is 0.393 e. The Morgan fingerprint density at radius 1 is 1.14 bits per heavy atom. The molecule has 5 rings (SSSR count). The monoisotopic (exact) mass is 393 g/mol. The van der Waals surface area contributed by atoms with E-state index >= 15 is 0 Å². The van der Waals surface area contributed by atoms with Crippen LogP contribution in [-0.2, 0) is 4.79 Å². The lowest BCUT2D eigenvalue weighted by molar-refractivity contribution is -0.134. The molecule has 1 N–H and O–H groups in total. The average Bonchev–Trinajstić information content (AvgIpc) is 3.48. The fourth-order valence-electron chi connectivity index (χ4n) is 5.72. The predicted octanol–water partition coefficient (Wildman–Crippen LogP) is 4.02. The van der Waals surface area contributed by atoms with Gasteiger partial charge in [0.05, 0.1) is 30.4 Å². The Bertz CT molecular complexity index is 863. The third kappa shape index (κ3) is 3.61. The molecule has 3 heterocycles. The SMILES string of the molecule is O=C(CC1CCCC1)N1CCC(C(O)CC2c3ccccc3-c3cncn32)CC1. The normalized spacial score (nSPS) is 23.2. The number of hydrogen-bond donors (Lipinski definition) is 1. The molecule has 5 heteroatoms. The van der Waals surface area contributed by atoms with Gasteiger partial charge in [-0.25, -0.2) is 4.98 Å². The summed E-state index contributed by atoms with van der Waals surface area (Å²) in [6.45, 7) is 1.59. The molecule has 29 heavy (non-hydrogen) atoms. The summed E-state index contributed by atoms with van der Waals surface area (Å²) in [4.78, 5) is 19.0. The Morgan fingerprint density at radius 3 is 2.69 bits per heavy atom. The molecule has 1 saturated carbocycles. The number of amides is 1. The van der Waals surface area contributed by atoms with Gasteiger partial charge >= 0.3 is 0 Å². The van der Waals surface area contributed by atoms with Crippen molar-refractivity contribution in [2.75, 3.05) is 13.1 Å². The second kappa shape index (κ2) is 7.94. The number of carbonyl (C=O) groups is 1. The maximum atomic E-state index is 12.6. The topological polar surface area (TPSA) is 58.4 Å². The number of rotatable bonds is 5. The van der Waals surface area contributed by atoms with Gasteiger partial charge in [0, 0.05) is 25.1 Å². The fraction of sp³-hybridized carbons (Fsp3) is 0.583. The van der Waals surface area contributed by atoms with Gasteiger partial charge in [0.2, 0.25) is 5.91 Å². The molecule has 5 nitrogen and oxygen atoms in total. The van der Waals surface area contributed by atoms with Crippen molar-refractivity contribution in [1.82, 2.24) is 14.5 Å². The van der Waals surface area contributed by atoms with E-state index in [1.807, 2.05) is 17.4 Å². The van der Waals surface area contributed by atoms with E-state index in [9.17, 15) is 9.90 Å². The van der Waals surface area contributed by atoms with E-state index in [0.717, 1.165) is 38.0 Å². The lowest BCUT2D eigenvalue weighted by Crippen LogP contribution is -2.42. The minimum Gasteiger partial charge on any atom is -0.393 e. The summed E-state index contributed by atoms with van der Waals surface area (Å²) in [7, 11) is 0. The van der Waals surface area contributed by atoms with Gasteiger partial charge in [0.1, 0.15) is 0 Å². The summed E-state index contributed by atoms with van der Waals surface area (Å²) >= 11 is 0. The average molecular weight is 394 g/mol. The Hall–Kier alpha value is -2.14. The molecule has 0 radical (unpaired) electrons. The van der Waals surface area contributed by atoms with Crippen LogP contribution >= 0.6 is 0 Å². The van der Waals surface area contributed by atoms with Gasteiger partial charge in [-0.2, -0.15) is 0 Å². The summed E-state index contributed by atoms with van der Waals surface area (Å²) in [5, 5.41) is 11.0. The highest BCUT2D eigenvalue weighted by molar-refractivity contribution is 5.76. The number of benzene rings is 1. The molecule has 1 aromatic heterocycles. The molecule has 1 saturated heterocycles. The zero-order valence-corrected chi connectivity index (χ0v) is 17.0. The summed E-state index contributed by atoms with van der Waals surface area (Å²) in [6.07, 6.45) is 11.7. The molecule has 0 spiro atoms. The number of imidazole rings is 1. The van der Waals surface area contributed by atoms with Crippen LogP contribution in [0.5, 0.6) is 0 Å². The van der Waals surface area contributed by atoms with Crippen LogP contribution in [0.25, 0.3) is 11.3 Å². The Morgan fingerprint density at radius 2 is 1.90 bits per heavy atom. The van der Waals surface area contributed by atoms with Crippen molar-refractivity contribution in [2.45, 2.75) is 63.5 Å². The van der Waals surface area contributed by atoms with E-state index < -0.39 is 0 Å². The van der Waals surface area contributed by atoms with Crippen molar-refractivity contribution in [3.63, 3.8) is 0 Å². The molecular formula is C24H31N3O2. The van der Waals surface area contributed by atoms with Crippen molar-refractivity contribution < 1.29 is 9.90 Å². The molecule has 1 aromatic carbocycles. The van der Waals surface area contributed by atoms with Gasteiger partial charge in [0.15, 0.2) is 0 Å². The summed E-state index contributed by atoms with van der Waals surface area (Å²) in [5.41, 5.74) is 3.66. The zero-order chi connectivity index (χ0) is 19.8. The molecule has 2 unspecified atom stereocenters. The molecule has 1 amide bonds. The maximum absolute atomic E-state index is 12.6. The Labute approximate surface area is 172 Å². The Kier molecular flexibility index (Phi) is 5.17. The lowest BCUT2D eigenvalue weighted by atomic mass is 9.86. The molecule has 154 valence electrons.